The fourth-order valence-electron chi connectivity index (χ4n) is 0.886. The number of benzene rings is 1. The van der Waals surface area contributed by atoms with Crippen LogP contribution in [-0.2, 0) is 0 Å². The molecule has 0 aliphatic heterocycles. The zero-order valence-corrected chi connectivity index (χ0v) is 7.24. The molecule has 0 unspecified atom stereocenters. The van der Waals surface area contributed by atoms with Crippen LogP contribution < -0.4 is 5.73 Å². The predicted octanol–water partition coefficient (Wildman–Crippen LogP) is 2.24. The van der Waals surface area contributed by atoms with Gasteiger partial charge in [0, 0.05) is 5.02 Å². The number of hydrogen-bond donors (Lipinski definition) is 2. The molecule has 0 bridgehead atoms. The number of aromatic hydroxyl groups is 1. The Morgan fingerprint density at radius 3 is 2.45 bits per heavy atom. The number of hydrogen-bond acceptors (Lipinski definition) is 2. The van der Waals surface area contributed by atoms with Crippen molar-refractivity contribution in [1.82, 2.24) is 0 Å². The molecule has 0 atom stereocenters. The van der Waals surface area contributed by atoms with Crippen molar-refractivity contribution in [2.24, 2.45) is 0 Å². The summed E-state index contributed by atoms with van der Waals surface area (Å²) in [7, 11) is 0. The minimum absolute atomic E-state index is 0.131. The molecule has 0 spiro atoms. The van der Waals surface area contributed by atoms with Gasteiger partial charge in [0.05, 0.1) is 5.69 Å². The van der Waals surface area contributed by atoms with Gasteiger partial charge in [-0.1, -0.05) is 11.6 Å². The van der Waals surface area contributed by atoms with Crippen molar-refractivity contribution in [1.29, 1.82) is 0 Å². The van der Waals surface area contributed by atoms with Gasteiger partial charge in [0.1, 0.15) is 5.75 Å². The molecule has 0 saturated carbocycles. The second kappa shape index (κ2) is 2.62. The van der Waals surface area contributed by atoms with E-state index in [2.05, 4.69) is 0 Å². The smallest absolute Gasteiger partial charge is 0.141 e. The Balaban J connectivity index is 3.46. The van der Waals surface area contributed by atoms with E-state index in [4.69, 9.17) is 17.3 Å². The topological polar surface area (TPSA) is 46.2 Å². The van der Waals surface area contributed by atoms with Crippen LogP contribution in [0, 0.1) is 13.8 Å². The van der Waals surface area contributed by atoms with E-state index < -0.39 is 0 Å². The molecule has 0 heterocycles. The molecule has 0 aromatic heterocycles. The van der Waals surface area contributed by atoms with Gasteiger partial charge in [-0.15, -0.1) is 0 Å². The van der Waals surface area contributed by atoms with Gasteiger partial charge in [0.15, 0.2) is 0 Å². The molecule has 0 fully saturated rings. The molecule has 1 aromatic carbocycles. The van der Waals surface area contributed by atoms with Gasteiger partial charge in [0.2, 0.25) is 0 Å². The number of rotatable bonds is 0. The molecule has 0 aliphatic rings. The number of anilines is 1. The van der Waals surface area contributed by atoms with Crippen LogP contribution >= 0.6 is 11.6 Å². The molecule has 0 aliphatic carbocycles. The minimum Gasteiger partial charge on any atom is -0.506 e. The van der Waals surface area contributed by atoms with E-state index >= 15 is 0 Å². The van der Waals surface area contributed by atoms with Crippen LogP contribution in [0.3, 0.4) is 0 Å². The van der Waals surface area contributed by atoms with Crippen molar-refractivity contribution < 1.29 is 5.11 Å². The first-order chi connectivity index (χ1) is 5.04. The standard InChI is InChI=1S/C8H10ClNO/c1-4-5(2)8(11)7(10)3-6(4)9/h3,11H,10H2,1-2H3. The highest BCUT2D eigenvalue weighted by molar-refractivity contribution is 6.31. The summed E-state index contributed by atoms with van der Waals surface area (Å²) in [6.07, 6.45) is 0. The first-order valence-electron chi connectivity index (χ1n) is 3.28. The Labute approximate surface area is 70.6 Å². The van der Waals surface area contributed by atoms with E-state index in [9.17, 15) is 5.11 Å². The number of phenolic OH excluding ortho intramolecular Hbond substituents is 1. The van der Waals surface area contributed by atoms with E-state index in [-0.39, 0.29) is 5.75 Å². The predicted molar refractivity (Wildman–Crippen MR) is 47.0 cm³/mol. The van der Waals surface area contributed by atoms with Crippen molar-refractivity contribution in [2.45, 2.75) is 13.8 Å². The van der Waals surface area contributed by atoms with Crippen molar-refractivity contribution in [3.63, 3.8) is 0 Å². The molecule has 1 aromatic rings. The third-order valence-electron chi connectivity index (χ3n) is 1.83. The molecule has 0 radical (unpaired) electrons. The van der Waals surface area contributed by atoms with Crippen LogP contribution in [0.5, 0.6) is 5.75 Å². The van der Waals surface area contributed by atoms with Crippen molar-refractivity contribution in [3.8, 4) is 5.75 Å². The summed E-state index contributed by atoms with van der Waals surface area (Å²) in [5, 5.41) is 9.92. The normalized spacial score (nSPS) is 10.1. The van der Waals surface area contributed by atoms with E-state index in [1.807, 2.05) is 6.92 Å². The Morgan fingerprint density at radius 2 is 1.91 bits per heavy atom. The molecule has 1 rings (SSSR count). The zero-order chi connectivity index (χ0) is 8.59. The molecule has 11 heavy (non-hydrogen) atoms. The summed E-state index contributed by atoms with van der Waals surface area (Å²) in [5.41, 5.74) is 7.41. The monoisotopic (exact) mass is 171 g/mol. The van der Waals surface area contributed by atoms with Gasteiger partial charge in [-0.05, 0) is 31.0 Å². The molecular weight excluding hydrogens is 162 g/mol. The molecule has 60 valence electrons. The first-order valence-corrected chi connectivity index (χ1v) is 3.66. The van der Waals surface area contributed by atoms with E-state index in [1.165, 1.54) is 0 Å². The SMILES string of the molecule is Cc1c(Cl)cc(N)c(O)c1C. The third-order valence-corrected chi connectivity index (χ3v) is 2.22. The van der Waals surface area contributed by atoms with Gasteiger partial charge in [-0.25, -0.2) is 0 Å². The second-order valence-electron chi connectivity index (χ2n) is 2.55. The van der Waals surface area contributed by atoms with Crippen molar-refractivity contribution in [3.05, 3.63) is 22.2 Å². The van der Waals surface area contributed by atoms with Gasteiger partial charge in [0.25, 0.3) is 0 Å². The minimum atomic E-state index is 0.131. The highest BCUT2D eigenvalue weighted by Crippen LogP contribution is 2.32. The maximum Gasteiger partial charge on any atom is 0.141 e. The molecule has 0 amide bonds. The van der Waals surface area contributed by atoms with Crippen LogP contribution in [0.2, 0.25) is 5.02 Å². The third kappa shape index (κ3) is 1.26. The molecule has 2 nitrogen and oxygen atoms in total. The maximum atomic E-state index is 9.33. The summed E-state index contributed by atoms with van der Waals surface area (Å²) in [5.74, 6) is 0.131. The first kappa shape index (κ1) is 8.21. The quantitative estimate of drug-likeness (QED) is 0.465. The second-order valence-corrected chi connectivity index (χ2v) is 2.95. The van der Waals surface area contributed by atoms with Crippen molar-refractivity contribution in [2.75, 3.05) is 5.73 Å². The number of nitrogen functional groups attached to an aromatic ring is 1. The zero-order valence-electron chi connectivity index (χ0n) is 6.48. The summed E-state index contributed by atoms with van der Waals surface area (Å²) in [4.78, 5) is 0. The van der Waals surface area contributed by atoms with Crippen LogP contribution in [0.25, 0.3) is 0 Å². The Hall–Kier alpha value is -0.890. The van der Waals surface area contributed by atoms with Crippen LogP contribution in [0.1, 0.15) is 11.1 Å². The largest absolute Gasteiger partial charge is 0.506 e. The fraction of sp³-hybridized carbons (Fsp3) is 0.250. The average Bonchev–Trinajstić information content (AvgIpc) is 1.97. The number of nitrogens with two attached hydrogens (primary N) is 1. The Morgan fingerprint density at radius 1 is 1.36 bits per heavy atom. The molecule has 0 saturated heterocycles. The fourth-order valence-corrected chi connectivity index (χ4v) is 1.15. The average molecular weight is 172 g/mol. The lowest BCUT2D eigenvalue weighted by Crippen LogP contribution is -1.91. The van der Waals surface area contributed by atoms with Gasteiger partial charge >= 0.3 is 0 Å². The Kier molecular flexibility index (Phi) is 1.96. The van der Waals surface area contributed by atoms with Gasteiger partial charge < -0.3 is 10.8 Å². The lowest BCUT2D eigenvalue weighted by atomic mass is 10.1. The van der Waals surface area contributed by atoms with Gasteiger partial charge in [-0.2, -0.15) is 0 Å². The number of phenols is 1. The maximum absolute atomic E-state index is 9.33. The summed E-state index contributed by atoms with van der Waals surface area (Å²) in [6, 6.07) is 1.55. The van der Waals surface area contributed by atoms with Gasteiger partial charge in [-0.3, -0.25) is 0 Å². The lowest BCUT2D eigenvalue weighted by molar-refractivity contribution is 0.473. The summed E-state index contributed by atoms with van der Waals surface area (Å²) in [6.45, 7) is 3.63. The van der Waals surface area contributed by atoms with Crippen molar-refractivity contribution >= 4 is 17.3 Å². The highest BCUT2D eigenvalue weighted by atomic mass is 35.5. The van der Waals surface area contributed by atoms with E-state index in [1.54, 1.807) is 13.0 Å². The van der Waals surface area contributed by atoms with E-state index in [0.29, 0.717) is 10.7 Å². The van der Waals surface area contributed by atoms with Crippen LogP contribution in [0.15, 0.2) is 6.07 Å². The molecule has 3 N–H and O–H groups in total. The summed E-state index contributed by atoms with van der Waals surface area (Å²) < 4.78 is 0. The summed E-state index contributed by atoms with van der Waals surface area (Å²) >= 11 is 5.80. The van der Waals surface area contributed by atoms with Crippen LogP contribution in [0.4, 0.5) is 5.69 Å². The molecular formula is C8H10ClNO. The highest BCUT2D eigenvalue weighted by Gasteiger charge is 2.07. The number of halogens is 1. The Bertz CT molecular complexity index is 270. The van der Waals surface area contributed by atoms with Crippen LogP contribution in [-0.4, -0.2) is 5.11 Å². The lowest BCUT2D eigenvalue weighted by Gasteiger charge is -2.07. The van der Waals surface area contributed by atoms with E-state index in [0.717, 1.165) is 11.1 Å². The molecule has 3 heteroatoms.